The van der Waals surface area contributed by atoms with Crippen LogP contribution in [0, 0.1) is 22.3 Å². The molecule has 1 aliphatic rings. The van der Waals surface area contributed by atoms with Gasteiger partial charge in [0, 0.05) is 0 Å². The molecular formula is C9H14N2O3. The molecule has 14 heavy (non-hydrogen) atoms. The maximum Gasteiger partial charge on any atom is 0.328 e. The van der Waals surface area contributed by atoms with Crippen LogP contribution >= 0.6 is 0 Å². The van der Waals surface area contributed by atoms with Gasteiger partial charge in [0.25, 0.3) is 0 Å². The van der Waals surface area contributed by atoms with Gasteiger partial charge in [-0.15, -0.1) is 0 Å². The standard InChI is InChI=1S/C9H14N2O3/c1-5(2)7-9(12)8(6(3)4)11(14)10(7)13/h5-6H,1-4H3. The van der Waals surface area contributed by atoms with Crippen LogP contribution in [0.4, 0.5) is 0 Å². The largest absolute Gasteiger partial charge is 0.561 e. The highest BCUT2D eigenvalue weighted by Crippen LogP contribution is 2.11. The second kappa shape index (κ2) is 3.40. The van der Waals surface area contributed by atoms with Crippen LogP contribution < -0.4 is 0 Å². The van der Waals surface area contributed by atoms with Crippen molar-refractivity contribution in [3.05, 3.63) is 10.4 Å². The maximum atomic E-state index is 11.7. The quantitative estimate of drug-likeness (QED) is 0.484. The minimum absolute atomic E-state index is 0.0312. The number of hydrogen-bond donors (Lipinski definition) is 0. The molecule has 0 atom stereocenters. The van der Waals surface area contributed by atoms with Gasteiger partial charge in [0.05, 0.1) is 21.5 Å². The summed E-state index contributed by atoms with van der Waals surface area (Å²) in [6.07, 6.45) is 0. The normalized spacial score (nSPS) is 18.0. The fourth-order valence-electron chi connectivity index (χ4n) is 1.47. The third-order valence-corrected chi connectivity index (χ3v) is 2.14. The van der Waals surface area contributed by atoms with Crippen LogP contribution in [0.2, 0.25) is 0 Å². The lowest BCUT2D eigenvalue weighted by atomic mass is 9.96. The summed E-state index contributed by atoms with van der Waals surface area (Å²) < 4.78 is 0. The summed E-state index contributed by atoms with van der Waals surface area (Å²) in [6.45, 7) is 6.87. The highest BCUT2D eigenvalue weighted by atomic mass is 16.7. The Balaban J connectivity index is 3.19. The highest BCUT2D eigenvalue weighted by molar-refractivity contribution is 6.65. The highest BCUT2D eigenvalue weighted by Gasteiger charge is 2.46. The Morgan fingerprint density at radius 3 is 1.36 bits per heavy atom. The molecule has 0 saturated carbocycles. The number of carbonyl (C=O) groups is 1. The van der Waals surface area contributed by atoms with Gasteiger partial charge in [0.1, 0.15) is 0 Å². The zero-order chi connectivity index (χ0) is 11.0. The van der Waals surface area contributed by atoms with Crippen LogP contribution in [0.5, 0.6) is 0 Å². The Labute approximate surface area is 82.5 Å². The van der Waals surface area contributed by atoms with Crippen molar-refractivity contribution in [2.75, 3.05) is 0 Å². The first-order chi connectivity index (χ1) is 6.37. The molecular weight excluding hydrogens is 184 g/mol. The van der Waals surface area contributed by atoms with Crippen LogP contribution in [0.3, 0.4) is 0 Å². The minimum Gasteiger partial charge on any atom is -0.561 e. The summed E-state index contributed by atoms with van der Waals surface area (Å²) in [5.41, 5.74) is 0.0624. The van der Waals surface area contributed by atoms with Gasteiger partial charge < -0.3 is 10.4 Å². The molecule has 0 spiro atoms. The molecule has 0 saturated heterocycles. The van der Waals surface area contributed by atoms with E-state index in [1.54, 1.807) is 27.7 Å². The Hall–Kier alpha value is -1.39. The lowest BCUT2D eigenvalue weighted by Gasteiger charge is -1.99. The molecule has 0 aromatic heterocycles. The summed E-state index contributed by atoms with van der Waals surface area (Å²) in [4.78, 5) is 12.0. The van der Waals surface area contributed by atoms with Gasteiger partial charge in [0.15, 0.2) is 0 Å². The Kier molecular flexibility index (Phi) is 2.59. The molecule has 5 nitrogen and oxygen atoms in total. The molecule has 0 unspecified atom stereocenters. The van der Waals surface area contributed by atoms with Gasteiger partial charge in [0.2, 0.25) is 0 Å². The Bertz CT molecular complexity index is 308. The lowest BCUT2D eigenvalue weighted by Crippen LogP contribution is -2.29. The number of hydrazine groups is 1. The number of hydrogen-bond acceptors (Lipinski definition) is 3. The van der Waals surface area contributed by atoms with Gasteiger partial charge in [-0.2, -0.15) is 0 Å². The average Bonchev–Trinajstić information content (AvgIpc) is 2.23. The number of nitrogens with zero attached hydrogens (tertiary/aromatic N) is 2. The van der Waals surface area contributed by atoms with Crippen molar-refractivity contribution >= 4 is 17.2 Å². The van der Waals surface area contributed by atoms with Crippen LogP contribution in [0.1, 0.15) is 27.7 Å². The van der Waals surface area contributed by atoms with Crippen molar-refractivity contribution in [2.45, 2.75) is 27.7 Å². The number of hydrazone groups is 2. The Morgan fingerprint density at radius 1 is 0.929 bits per heavy atom. The second-order valence-electron chi connectivity index (χ2n) is 3.95. The van der Waals surface area contributed by atoms with Gasteiger partial charge in [-0.05, 0) is 0 Å². The monoisotopic (exact) mass is 198 g/mol. The predicted octanol–water partition coefficient (Wildman–Crippen LogP) is 0.699. The molecule has 0 aromatic rings. The van der Waals surface area contributed by atoms with E-state index in [4.69, 9.17) is 0 Å². The van der Waals surface area contributed by atoms with E-state index in [0.717, 1.165) is 0 Å². The molecule has 0 N–H and O–H groups in total. The van der Waals surface area contributed by atoms with E-state index >= 15 is 0 Å². The van der Waals surface area contributed by atoms with Gasteiger partial charge in [-0.1, -0.05) is 27.7 Å². The van der Waals surface area contributed by atoms with Gasteiger partial charge in [-0.3, -0.25) is 4.79 Å². The second-order valence-corrected chi connectivity index (χ2v) is 3.95. The fourth-order valence-corrected chi connectivity index (χ4v) is 1.47. The van der Waals surface area contributed by atoms with Crippen LogP contribution in [-0.2, 0) is 4.79 Å². The molecule has 1 rings (SSSR count). The lowest BCUT2D eigenvalue weighted by molar-refractivity contribution is -1.05. The molecule has 1 heterocycles. The van der Waals surface area contributed by atoms with Crippen LogP contribution in [0.15, 0.2) is 0 Å². The van der Waals surface area contributed by atoms with E-state index < -0.39 is 5.78 Å². The summed E-state index contributed by atoms with van der Waals surface area (Å²) >= 11 is 0. The molecule has 0 amide bonds. The zero-order valence-corrected chi connectivity index (χ0v) is 8.77. The topological polar surface area (TPSA) is 69.2 Å². The summed E-state index contributed by atoms with van der Waals surface area (Å²) in [6, 6.07) is 0. The van der Waals surface area contributed by atoms with E-state index in [2.05, 4.69) is 0 Å². The third-order valence-electron chi connectivity index (χ3n) is 2.14. The molecule has 1 aliphatic heterocycles. The Morgan fingerprint density at radius 2 is 1.21 bits per heavy atom. The van der Waals surface area contributed by atoms with E-state index in [1.165, 1.54) is 0 Å². The SMILES string of the molecule is CC(C)C1=[N+]([O-])[N+]([O-])=C(C(C)C)C1=O. The first-order valence-electron chi connectivity index (χ1n) is 4.60. The summed E-state index contributed by atoms with van der Waals surface area (Å²) in [5.74, 6) is -0.875. The number of Topliss-reactive ketones (excluding diaryl/α,β-unsaturated/α-hetero) is 1. The van der Waals surface area contributed by atoms with Crippen molar-refractivity contribution < 1.29 is 14.5 Å². The van der Waals surface area contributed by atoms with Crippen LogP contribution in [0.25, 0.3) is 0 Å². The van der Waals surface area contributed by atoms with E-state index in [1.807, 2.05) is 0 Å². The number of rotatable bonds is 2. The first kappa shape index (κ1) is 10.7. The zero-order valence-electron chi connectivity index (χ0n) is 8.77. The van der Waals surface area contributed by atoms with E-state index in [9.17, 15) is 15.2 Å². The fraction of sp³-hybridized carbons (Fsp3) is 0.667. The van der Waals surface area contributed by atoms with Crippen LogP contribution in [-0.4, -0.2) is 26.9 Å². The molecule has 0 fully saturated rings. The minimum atomic E-state index is -0.417. The number of carbonyl (C=O) groups excluding carboxylic acids is 1. The molecule has 0 aromatic carbocycles. The third kappa shape index (κ3) is 1.38. The first-order valence-corrected chi connectivity index (χ1v) is 4.60. The van der Waals surface area contributed by atoms with Crippen molar-refractivity contribution in [1.82, 2.24) is 0 Å². The molecule has 5 heteroatoms. The van der Waals surface area contributed by atoms with E-state index in [0.29, 0.717) is 0 Å². The van der Waals surface area contributed by atoms with Crippen molar-refractivity contribution in [1.29, 1.82) is 0 Å². The van der Waals surface area contributed by atoms with E-state index in [-0.39, 0.29) is 33.0 Å². The van der Waals surface area contributed by atoms with Crippen molar-refractivity contribution in [3.63, 3.8) is 0 Å². The molecule has 0 bridgehead atoms. The average molecular weight is 198 g/mol. The maximum absolute atomic E-state index is 11.7. The van der Waals surface area contributed by atoms with Gasteiger partial charge in [-0.25, -0.2) is 0 Å². The predicted molar refractivity (Wildman–Crippen MR) is 52.0 cm³/mol. The van der Waals surface area contributed by atoms with Crippen molar-refractivity contribution in [2.24, 2.45) is 11.8 Å². The van der Waals surface area contributed by atoms with Gasteiger partial charge >= 0.3 is 17.2 Å². The summed E-state index contributed by atoms with van der Waals surface area (Å²) in [7, 11) is 0. The molecule has 78 valence electrons. The molecule has 0 aliphatic carbocycles. The smallest absolute Gasteiger partial charge is 0.328 e. The number of ketones is 1. The summed E-state index contributed by atoms with van der Waals surface area (Å²) in [5, 5.41) is 22.6. The molecule has 0 radical (unpaired) electrons. The van der Waals surface area contributed by atoms with Crippen molar-refractivity contribution in [3.8, 4) is 0 Å².